The maximum atomic E-state index is 13.0. The Hall–Kier alpha value is -2.42. The summed E-state index contributed by atoms with van der Waals surface area (Å²) in [5.74, 6) is 0.230. The fourth-order valence-corrected chi connectivity index (χ4v) is 4.20. The van der Waals surface area contributed by atoms with E-state index in [-0.39, 0.29) is 23.3 Å². The first-order chi connectivity index (χ1) is 13.4. The SMILES string of the molecule is O=C(c1cn(-c2cccc(C(F)(F)F)c2)nn1)N1CCCC2CNCCCC21. The number of rotatable bonds is 2. The number of alkyl halides is 3. The van der Waals surface area contributed by atoms with Crippen molar-refractivity contribution in [3.05, 3.63) is 41.7 Å². The number of carbonyl (C=O) groups excluding carboxylic acids is 1. The van der Waals surface area contributed by atoms with E-state index in [9.17, 15) is 18.0 Å². The number of hydrogen-bond acceptors (Lipinski definition) is 4. The van der Waals surface area contributed by atoms with E-state index in [2.05, 4.69) is 15.6 Å². The van der Waals surface area contributed by atoms with E-state index < -0.39 is 11.7 Å². The summed E-state index contributed by atoms with van der Waals surface area (Å²) in [6, 6.07) is 4.99. The zero-order valence-electron chi connectivity index (χ0n) is 15.3. The molecule has 2 aromatic rings. The molecular weight excluding hydrogens is 371 g/mol. The molecule has 2 atom stereocenters. The molecule has 4 rings (SSSR count). The summed E-state index contributed by atoms with van der Waals surface area (Å²) < 4.78 is 40.0. The van der Waals surface area contributed by atoms with Crippen LogP contribution in [0, 0.1) is 5.92 Å². The lowest BCUT2D eigenvalue weighted by Crippen LogP contribution is -2.49. The second-order valence-corrected chi connectivity index (χ2v) is 7.41. The van der Waals surface area contributed by atoms with Gasteiger partial charge in [0.25, 0.3) is 5.91 Å². The molecule has 2 saturated heterocycles. The Morgan fingerprint density at radius 1 is 1.21 bits per heavy atom. The van der Waals surface area contributed by atoms with Gasteiger partial charge >= 0.3 is 6.18 Å². The van der Waals surface area contributed by atoms with Gasteiger partial charge in [-0.1, -0.05) is 11.3 Å². The van der Waals surface area contributed by atoms with Gasteiger partial charge in [0, 0.05) is 12.6 Å². The van der Waals surface area contributed by atoms with Crippen LogP contribution in [0.3, 0.4) is 0 Å². The molecule has 28 heavy (non-hydrogen) atoms. The third-order valence-electron chi connectivity index (χ3n) is 5.59. The van der Waals surface area contributed by atoms with Gasteiger partial charge in [0.2, 0.25) is 0 Å². The van der Waals surface area contributed by atoms with E-state index >= 15 is 0 Å². The molecule has 9 heteroatoms. The van der Waals surface area contributed by atoms with Crippen molar-refractivity contribution in [3.63, 3.8) is 0 Å². The quantitative estimate of drug-likeness (QED) is 0.852. The van der Waals surface area contributed by atoms with E-state index in [4.69, 9.17) is 0 Å². The Morgan fingerprint density at radius 3 is 2.89 bits per heavy atom. The second-order valence-electron chi connectivity index (χ2n) is 7.41. The van der Waals surface area contributed by atoms with Gasteiger partial charge in [-0.15, -0.1) is 5.10 Å². The second kappa shape index (κ2) is 7.54. The van der Waals surface area contributed by atoms with Crippen molar-refractivity contribution in [2.75, 3.05) is 19.6 Å². The lowest BCUT2D eigenvalue weighted by molar-refractivity contribution is -0.137. The molecule has 1 N–H and O–H groups in total. The van der Waals surface area contributed by atoms with Crippen molar-refractivity contribution in [2.24, 2.45) is 5.92 Å². The Balaban J connectivity index is 1.56. The number of amides is 1. The fraction of sp³-hybridized carbons (Fsp3) is 0.526. The molecule has 150 valence electrons. The highest BCUT2D eigenvalue weighted by molar-refractivity contribution is 5.92. The zero-order chi connectivity index (χ0) is 19.7. The van der Waals surface area contributed by atoms with Gasteiger partial charge in [-0.25, -0.2) is 4.68 Å². The summed E-state index contributed by atoms with van der Waals surface area (Å²) in [7, 11) is 0. The van der Waals surface area contributed by atoms with Gasteiger partial charge in [0.05, 0.1) is 17.4 Å². The molecule has 3 heterocycles. The van der Waals surface area contributed by atoms with Gasteiger partial charge in [-0.05, 0) is 62.9 Å². The van der Waals surface area contributed by atoms with E-state index in [0.29, 0.717) is 12.5 Å². The Labute approximate surface area is 160 Å². The number of nitrogens with one attached hydrogen (secondary N) is 1. The van der Waals surface area contributed by atoms with E-state index in [1.165, 1.54) is 23.0 Å². The lowest BCUT2D eigenvalue weighted by atomic mass is 9.87. The van der Waals surface area contributed by atoms with Crippen molar-refractivity contribution >= 4 is 5.91 Å². The molecule has 1 amide bonds. The lowest BCUT2D eigenvalue weighted by Gasteiger charge is -2.40. The summed E-state index contributed by atoms with van der Waals surface area (Å²) in [6.07, 6.45) is 0.976. The minimum atomic E-state index is -4.44. The van der Waals surface area contributed by atoms with Gasteiger partial charge in [0.15, 0.2) is 5.69 Å². The number of benzene rings is 1. The molecule has 0 radical (unpaired) electrons. The topological polar surface area (TPSA) is 63.1 Å². The minimum Gasteiger partial charge on any atom is -0.334 e. The number of halogens is 3. The predicted octanol–water partition coefficient (Wildman–Crippen LogP) is 2.89. The van der Waals surface area contributed by atoms with E-state index in [1.807, 2.05) is 4.90 Å². The number of likely N-dealkylation sites (tertiary alicyclic amines) is 1. The molecule has 0 spiro atoms. The first-order valence-electron chi connectivity index (χ1n) is 9.55. The van der Waals surface area contributed by atoms with Crippen LogP contribution in [-0.4, -0.2) is 51.5 Å². The van der Waals surface area contributed by atoms with Crippen LogP contribution < -0.4 is 5.32 Å². The molecule has 1 aromatic heterocycles. The van der Waals surface area contributed by atoms with Crippen molar-refractivity contribution in [1.82, 2.24) is 25.2 Å². The molecule has 2 aliphatic heterocycles. The third kappa shape index (κ3) is 3.76. The highest BCUT2D eigenvalue weighted by atomic mass is 19.4. The largest absolute Gasteiger partial charge is 0.416 e. The Morgan fingerprint density at radius 2 is 2.07 bits per heavy atom. The van der Waals surface area contributed by atoms with Crippen LogP contribution in [0.15, 0.2) is 30.5 Å². The normalized spacial score (nSPS) is 23.2. The average Bonchev–Trinajstić information content (AvgIpc) is 3.05. The molecule has 2 aliphatic rings. The molecule has 2 fully saturated rings. The number of nitrogens with zero attached hydrogens (tertiary/aromatic N) is 4. The van der Waals surface area contributed by atoms with Crippen LogP contribution >= 0.6 is 0 Å². The summed E-state index contributed by atoms with van der Waals surface area (Å²) >= 11 is 0. The number of aromatic nitrogens is 3. The number of hydrogen-bond donors (Lipinski definition) is 1. The molecular formula is C19H22F3N5O. The van der Waals surface area contributed by atoms with E-state index in [0.717, 1.165) is 50.9 Å². The maximum Gasteiger partial charge on any atom is 0.416 e. The molecule has 6 nitrogen and oxygen atoms in total. The van der Waals surface area contributed by atoms with Crippen molar-refractivity contribution in [3.8, 4) is 5.69 Å². The number of fused-ring (bicyclic) bond motifs is 1. The van der Waals surface area contributed by atoms with Crippen LogP contribution in [0.1, 0.15) is 41.7 Å². The highest BCUT2D eigenvalue weighted by Crippen LogP contribution is 2.31. The zero-order valence-corrected chi connectivity index (χ0v) is 15.3. The van der Waals surface area contributed by atoms with Crippen LogP contribution in [0.5, 0.6) is 0 Å². The summed E-state index contributed by atoms with van der Waals surface area (Å²) in [6.45, 7) is 2.54. The molecule has 0 bridgehead atoms. The summed E-state index contributed by atoms with van der Waals surface area (Å²) in [4.78, 5) is 14.9. The van der Waals surface area contributed by atoms with Gasteiger partial charge in [-0.2, -0.15) is 13.2 Å². The van der Waals surface area contributed by atoms with Gasteiger partial charge in [-0.3, -0.25) is 4.79 Å². The number of carbonyl (C=O) groups is 1. The maximum absolute atomic E-state index is 13.0. The van der Waals surface area contributed by atoms with Gasteiger partial charge < -0.3 is 10.2 Å². The predicted molar refractivity (Wildman–Crippen MR) is 96.0 cm³/mol. The van der Waals surface area contributed by atoms with Crippen LogP contribution in [-0.2, 0) is 6.18 Å². The fourth-order valence-electron chi connectivity index (χ4n) is 4.20. The minimum absolute atomic E-state index is 0.162. The smallest absolute Gasteiger partial charge is 0.334 e. The van der Waals surface area contributed by atoms with Crippen LogP contribution in [0.2, 0.25) is 0 Å². The molecule has 2 unspecified atom stereocenters. The van der Waals surface area contributed by atoms with Crippen molar-refractivity contribution < 1.29 is 18.0 Å². The summed E-state index contributed by atoms with van der Waals surface area (Å²) in [5, 5.41) is 11.3. The van der Waals surface area contributed by atoms with Crippen LogP contribution in [0.25, 0.3) is 5.69 Å². The molecule has 0 saturated carbocycles. The Kier molecular flexibility index (Phi) is 5.09. The standard InChI is InChI=1S/C19H22F3N5O/c20-19(21,22)14-5-1-6-15(10-14)27-12-16(24-25-27)18(28)26-9-3-4-13-11-23-8-2-7-17(13)26/h1,5-6,10,12-13,17,23H,2-4,7-9,11H2. The first kappa shape index (κ1) is 18.9. The van der Waals surface area contributed by atoms with Gasteiger partial charge in [0.1, 0.15) is 0 Å². The third-order valence-corrected chi connectivity index (χ3v) is 5.59. The first-order valence-corrected chi connectivity index (χ1v) is 9.55. The Bertz CT molecular complexity index is 850. The monoisotopic (exact) mass is 393 g/mol. The van der Waals surface area contributed by atoms with Crippen molar-refractivity contribution in [1.29, 1.82) is 0 Å². The van der Waals surface area contributed by atoms with Crippen LogP contribution in [0.4, 0.5) is 13.2 Å². The molecule has 0 aliphatic carbocycles. The van der Waals surface area contributed by atoms with E-state index in [1.54, 1.807) is 0 Å². The molecule has 1 aromatic carbocycles. The number of piperidine rings is 1. The highest BCUT2D eigenvalue weighted by Gasteiger charge is 2.36. The summed E-state index contributed by atoms with van der Waals surface area (Å²) in [5.41, 5.74) is -0.384. The van der Waals surface area contributed by atoms with Crippen molar-refractivity contribution in [2.45, 2.75) is 37.9 Å². The average molecular weight is 393 g/mol.